The Morgan fingerprint density at radius 2 is 2.12 bits per heavy atom. The van der Waals surface area contributed by atoms with Crippen LogP contribution in [0.25, 0.3) is 11.2 Å². The number of aromatic amines is 1. The second-order valence-electron chi connectivity index (χ2n) is 5.88. The van der Waals surface area contributed by atoms with Crippen molar-refractivity contribution in [3.63, 3.8) is 0 Å². The highest BCUT2D eigenvalue weighted by atomic mass is 31.0. The Labute approximate surface area is 191 Å². The van der Waals surface area contributed by atoms with Crippen molar-refractivity contribution in [1.29, 1.82) is 0 Å². The van der Waals surface area contributed by atoms with Gasteiger partial charge in [0, 0.05) is 22.4 Å². The lowest BCUT2D eigenvalue weighted by atomic mass is 10.1. The van der Waals surface area contributed by atoms with E-state index in [-0.39, 0.29) is 23.8 Å². The molecule has 33 heavy (non-hydrogen) atoms. The summed E-state index contributed by atoms with van der Waals surface area (Å²) in [6, 6.07) is 0. The number of hydrogen-bond donors (Lipinski definition) is 5. The summed E-state index contributed by atoms with van der Waals surface area (Å²) >= 11 is 0. The third-order valence-electron chi connectivity index (χ3n) is 3.92. The predicted octanol–water partition coefficient (Wildman–Crippen LogP) is -0.356. The molecule has 1 fully saturated rings. The van der Waals surface area contributed by atoms with Crippen molar-refractivity contribution in [1.82, 2.24) is 19.5 Å². The monoisotopic (exact) mass is 515 g/mol. The number of aliphatic hydroxyl groups excluding tert-OH is 2. The van der Waals surface area contributed by atoms with Gasteiger partial charge in [-0.2, -0.15) is 9.66 Å². The fraction of sp³-hybridized carbons (Fsp3) is 0.533. The highest BCUT2D eigenvalue weighted by Crippen LogP contribution is 2.22. The first-order chi connectivity index (χ1) is 16.0. The molecule has 0 aliphatic carbocycles. The third-order valence-corrected chi connectivity index (χ3v) is 4.00. The zero-order valence-electron chi connectivity index (χ0n) is 17.5. The molecular formula is C15H27N5O11P2. The van der Waals surface area contributed by atoms with Crippen molar-refractivity contribution in [2.24, 2.45) is 0 Å². The maximum absolute atomic E-state index is 12.0. The van der Waals surface area contributed by atoms with E-state index in [0.29, 0.717) is 31.1 Å². The molecule has 0 bridgehead atoms. The summed E-state index contributed by atoms with van der Waals surface area (Å²) < 4.78 is 11.0. The maximum atomic E-state index is 12.0. The molecule has 3 heterocycles. The molecule has 1 saturated heterocycles. The van der Waals surface area contributed by atoms with Crippen molar-refractivity contribution in [2.45, 2.75) is 31.3 Å². The van der Waals surface area contributed by atoms with Crippen LogP contribution < -0.4 is 10.9 Å². The number of imidazole rings is 1. The largest absolute Gasteiger partial charge is 0.394 e. The summed E-state index contributed by atoms with van der Waals surface area (Å²) in [5.74, 6) is 0.338. The highest BCUT2D eigenvalue weighted by molar-refractivity contribution is 7.15. The summed E-state index contributed by atoms with van der Waals surface area (Å²) in [5, 5.41) is 45.8. The molecule has 0 amide bonds. The van der Waals surface area contributed by atoms with Gasteiger partial charge < -0.3 is 24.8 Å². The quantitative estimate of drug-likeness (QED) is 0.0854. The Balaban J connectivity index is 0.000000464. The first-order valence-electron chi connectivity index (χ1n) is 9.19. The lowest BCUT2D eigenvalue weighted by Crippen LogP contribution is -2.24. The van der Waals surface area contributed by atoms with Gasteiger partial charge in [0.1, 0.15) is 6.10 Å². The lowest BCUT2D eigenvalue weighted by Gasteiger charge is -2.13. The molecule has 2 aromatic rings. The van der Waals surface area contributed by atoms with Gasteiger partial charge in [-0.25, -0.2) is 10.2 Å². The van der Waals surface area contributed by atoms with Crippen LogP contribution in [0.15, 0.2) is 23.8 Å². The molecule has 0 saturated carbocycles. The molecule has 2 unspecified atom stereocenters. The molecule has 188 valence electrons. The molecule has 0 spiro atoms. The van der Waals surface area contributed by atoms with E-state index in [1.165, 1.54) is 6.33 Å². The molecule has 2 aromatic heterocycles. The van der Waals surface area contributed by atoms with E-state index < -0.39 is 12.2 Å². The minimum absolute atomic E-state index is 0.226. The number of nitrogens with one attached hydrogen (secondary N) is 2. The number of hydrogen-bond acceptors (Lipinski definition) is 14. The minimum atomic E-state index is -0.694. The van der Waals surface area contributed by atoms with E-state index in [1.807, 2.05) is 6.66 Å². The number of ether oxygens (including phenoxy) is 1. The van der Waals surface area contributed by atoms with Crippen molar-refractivity contribution < 1.29 is 50.1 Å². The lowest BCUT2D eigenvalue weighted by molar-refractivity contribution is -0.778. The van der Waals surface area contributed by atoms with Crippen LogP contribution >= 0.6 is 18.7 Å². The summed E-state index contributed by atoms with van der Waals surface area (Å²) in [5.41, 5.74) is 0.346. The van der Waals surface area contributed by atoms with Gasteiger partial charge in [0.15, 0.2) is 11.2 Å². The van der Waals surface area contributed by atoms with Crippen LogP contribution in [0.4, 0.5) is 5.95 Å². The summed E-state index contributed by atoms with van der Waals surface area (Å²) in [6.45, 7) is 6.15. The number of rotatable bonds is 11. The SMILES string of the molecule is C=CCNc1nc2c(ncn2C[C@H]2C[C@@H](O)[C@@H](CO)O2)c(=O)[nH]1.CP.OOOOOOOP. The molecule has 3 rings (SSSR count). The van der Waals surface area contributed by atoms with Gasteiger partial charge in [-0.15, -0.1) is 15.8 Å². The van der Waals surface area contributed by atoms with Crippen molar-refractivity contribution >= 4 is 35.8 Å². The van der Waals surface area contributed by atoms with Gasteiger partial charge in [0.05, 0.1) is 31.7 Å². The Bertz CT molecular complexity index is 864. The Hall–Kier alpha value is -1.65. The minimum Gasteiger partial charge on any atom is -0.394 e. The zero-order chi connectivity index (χ0) is 24.6. The smallest absolute Gasteiger partial charge is 0.280 e. The maximum Gasteiger partial charge on any atom is 0.280 e. The van der Waals surface area contributed by atoms with Crippen LogP contribution in [-0.4, -0.2) is 73.1 Å². The number of aromatic nitrogens is 4. The number of fused-ring (bicyclic) bond motifs is 1. The second-order valence-corrected chi connectivity index (χ2v) is 6.07. The molecule has 0 aromatic carbocycles. The summed E-state index contributed by atoms with van der Waals surface area (Å²) in [4.78, 5) is 23.1. The molecule has 18 heteroatoms. The number of H-pyrrole nitrogens is 1. The average Bonchev–Trinajstić information content (AvgIpc) is 3.40. The van der Waals surface area contributed by atoms with Gasteiger partial charge in [-0.3, -0.25) is 9.78 Å². The first kappa shape index (κ1) is 29.4. The van der Waals surface area contributed by atoms with E-state index >= 15 is 0 Å². The molecule has 1 aliphatic rings. The topological polar surface area (TPSA) is 201 Å². The Kier molecular flexibility index (Phi) is 15.0. The molecule has 0 radical (unpaired) electrons. The molecule has 5 atom stereocenters. The van der Waals surface area contributed by atoms with Crippen LogP contribution in [0.2, 0.25) is 0 Å². The van der Waals surface area contributed by atoms with Gasteiger partial charge in [0.25, 0.3) is 5.56 Å². The molecule has 1 aliphatic heterocycles. The van der Waals surface area contributed by atoms with Crippen LogP contribution in [0, 0.1) is 0 Å². The van der Waals surface area contributed by atoms with Gasteiger partial charge in [0.2, 0.25) is 5.95 Å². The van der Waals surface area contributed by atoms with Gasteiger partial charge >= 0.3 is 0 Å². The van der Waals surface area contributed by atoms with Crippen LogP contribution in [-0.2, 0) is 41.1 Å². The van der Waals surface area contributed by atoms with Crippen molar-refractivity contribution in [3.8, 4) is 0 Å². The fourth-order valence-corrected chi connectivity index (χ4v) is 2.74. The van der Waals surface area contributed by atoms with E-state index in [4.69, 9.17) is 15.1 Å². The van der Waals surface area contributed by atoms with Gasteiger partial charge in [-0.05, 0) is 25.2 Å². The standard InChI is InChI=1S/C14H19N5O4.CH5P.H3O7P/c1-2-3-15-14-17-12-11(13(22)18-14)16-7-19(12)5-8-4-9(21)10(6-20)23-8;1-2;1-2-3-4-5-6-7-8/h2,7-10,20-21H,1,3-6H2,(H2,15,17,18,22);2H2,1H3;1H,8H2/t8-,9-,10-;;/m1../s1. The second kappa shape index (κ2) is 16.9. The van der Waals surface area contributed by atoms with Crippen molar-refractivity contribution in [3.05, 3.63) is 29.3 Å². The zero-order valence-corrected chi connectivity index (χ0v) is 19.8. The molecule has 5 N–H and O–H groups in total. The van der Waals surface area contributed by atoms with E-state index in [1.54, 1.807) is 20.1 Å². The number of aliphatic hydroxyl groups is 2. The first-order valence-corrected chi connectivity index (χ1v) is 10.8. The highest BCUT2D eigenvalue weighted by Gasteiger charge is 2.33. The molecule has 16 nitrogen and oxygen atoms in total. The summed E-state index contributed by atoms with van der Waals surface area (Å²) in [7, 11) is 4.10. The van der Waals surface area contributed by atoms with E-state index in [0.717, 1.165) is 0 Å². The Morgan fingerprint density at radius 1 is 1.39 bits per heavy atom. The summed E-state index contributed by atoms with van der Waals surface area (Å²) in [6.07, 6.45) is 2.05. The van der Waals surface area contributed by atoms with Crippen LogP contribution in [0.3, 0.4) is 0 Å². The predicted molar refractivity (Wildman–Crippen MR) is 118 cm³/mol. The van der Waals surface area contributed by atoms with Crippen molar-refractivity contribution in [2.75, 3.05) is 25.1 Å². The average molecular weight is 515 g/mol. The normalized spacial score (nSPS) is 19.4. The van der Waals surface area contributed by atoms with Crippen LogP contribution in [0.5, 0.6) is 0 Å². The van der Waals surface area contributed by atoms with Gasteiger partial charge in [-0.1, -0.05) is 12.7 Å². The van der Waals surface area contributed by atoms with E-state index in [9.17, 15) is 9.90 Å². The molecular weight excluding hydrogens is 488 g/mol. The van der Waals surface area contributed by atoms with Crippen LogP contribution in [0.1, 0.15) is 6.42 Å². The Morgan fingerprint density at radius 3 is 2.73 bits per heavy atom. The fourth-order valence-electron chi connectivity index (χ4n) is 2.71. The van der Waals surface area contributed by atoms with E-state index in [2.05, 4.69) is 66.0 Å². The third kappa shape index (κ3) is 9.62. The number of anilines is 1. The number of nitrogens with zero attached hydrogens (tertiary/aromatic N) is 3.